The number of rotatable bonds is 4. The maximum absolute atomic E-state index is 11.7. The van der Waals surface area contributed by atoms with E-state index in [1.165, 1.54) is 0 Å². The average Bonchev–Trinajstić information content (AvgIpc) is 2.61. The molecule has 0 aromatic heterocycles. The summed E-state index contributed by atoms with van der Waals surface area (Å²) < 4.78 is 5.15. The van der Waals surface area contributed by atoms with E-state index in [4.69, 9.17) is 10.00 Å². The molecule has 1 saturated heterocycles. The number of nitrogens with zero attached hydrogens (tertiary/aromatic N) is 1. The van der Waals surface area contributed by atoms with E-state index in [0.717, 1.165) is 6.42 Å². The van der Waals surface area contributed by atoms with Gasteiger partial charge in [0.2, 0.25) is 5.91 Å². The molecule has 1 fully saturated rings. The first-order chi connectivity index (χ1) is 8.81. The highest BCUT2D eigenvalue weighted by molar-refractivity contribution is 5.80. The molecule has 1 heterocycles. The van der Waals surface area contributed by atoms with E-state index < -0.39 is 11.7 Å². The van der Waals surface area contributed by atoms with Gasteiger partial charge in [-0.1, -0.05) is 0 Å². The summed E-state index contributed by atoms with van der Waals surface area (Å²) in [6.45, 7) is 5.98. The fourth-order valence-corrected chi connectivity index (χ4v) is 1.99. The first kappa shape index (κ1) is 15.3. The first-order valence-corrected chi connectivity index (χ1v) is 6.46. The summed E-state index contributed by atoms with van der Waals surface area (Å²) in [6.07, 6.45) is 0.837. The van der Waals surface area contributed by atoms with Crippen molar-refractivity contribution in [1.29, 1.82) is 5.26 Å². The minimum atomic E-state index is -0.577. The Bertz CT molecular complexity index is 382. The van der Waals surface area contributed by atoms with Gasteiger partial charge >= 0.3 is 6.09 Å². The van der Waals surface area contributed by atoms with Crippen molar-refractivity contribution in [2.75, 3.05) is 6.54 Å². The maximum Gasteiger partial charge on any atom is 0.407 e. The third-order valence-corrected chi connectivity index (χ3v) is 2.79. The molecule has 0 spiro atoms. The Morgan fingerprint density at radius 2 is 2.32 bits per heavy atom. The minimum Gasteiger partial charge on any atom is -0.444 e. The second-order valence-electron chi connectivity index (χ2n) is 5.72. The smallest absolute Gasteiger partial charge is 0.407 e. The highest BCUT2D eigenvalue weighted by atomic mass is 16.6. The van der Waals surface area contributed by atoms with Gasteiger partial charge in [-0.25, -0.2) is 4.79 Å². The molecule has 1 aliphatic rings. The number of hydrogen-bond acceptors (Lipinski definition) is 4. The zero-order valence-corrected chi connectivity index (χ0v) is 11.7. The van der Waals surface area contributed by atoms with Crippen molar-refractivity contribution >= 4 is 12.0 Å². The summed E-state index contributed by atoms with van der Waals surface area (Å²) in [6, 6.07) is 1.67. The maximum atomic E-state index is 11.7. The van der Waals surface area contributed by atoms with Gasteiger partial charge in [-0.2, -0.15) is 5.26 Å². The molecule has 2 atom stereocenters. The molecule has 0 aromatic rings. The number of nitrogens with one attached hydrogen (secondary N) is 2. The van der Waals surface area contributed by atoms with Gasteiger partial charge in [0.15, 0.2) is 0 Å². The van der Waals surface area contributed by atoms with Crippen LogP contribution in [-0.4, -0.2) is 30.2 Å². The number of hydrogen-bond donors (Lipinski definition) is 2. The predicted molar refractivity (Wildman–Crippen MR) is 69.1 cm³/mol. The fraction of sp³-hybridized carbons (Fsp3) is 0.769. The van der Waals surface area contributed by atoms with Gasteiger partial charge in [0.05, 0.1) is 12.5 Å². The van der Waals surface area contributed by atoms with Gasteiger partial charge in [-0.05, 0) is 33.6 Å². The highest BCUT2D eigenvalue weighted by Gasteiger charge is 2.28. The SMILES string of the molecule is CC(C)(C)OC(=O)NC(CC#N)C[C@@H]1CCNC1=O. The van der Waals surface area contributed by atoms with Crippen LogP contribution in [0.2, 0.25) is 0 Å². The molecule has 1 rings (SSSR count). The lowest BCUT2D eigenvalue weighted by Gasteiger charge is -2.23. The van der Waals surface area contributed by atoms with E-state index >= 15 is 0 Å². The van der Waals surface area contributed by atoms with E-state index in [1.54, 1.807) is 20.8 Å². The summed E-state index contributed by atoms with van der Waals surface area (Å²) in [5.74, 6) is -0.137. The molecule has 0 radical (unpaired) electrons. The van der Waals surface area contributed by atoms with Crippen molar-refractivity contribution in [2.45, 2.75) is 51.7 Å². The van der Waals surface area contributed by atoms with E-state index in [2.05, 4.69) is 10.6 Å². The topological polar surface area (TPSA) is 91.2 Å². The zero-order chi connectivity index (χ0) is 14.5. The molecule has 0 aliphatic carbocycles. The summed E-state index contributed by atoms with van der Waals surface area (Å²) in [5.41, 5.74) is -0.577. The van der Waals surface area contributed by atoms with E-state index in [-0.39, 0.29) is 24.3 Å². The van der Waals surface area contributed by atoms with Gasteiger partial charge in [0.1, 0.15) is 5.60 Å². The van der Waals surface area contributed by atoms with Gasteiger partial charge < -0.3 is 15.4 Å². The van der Waals surface area contributed by atoms with Crippen LogP contribution in [-0.2, 0) is 9.53 Å². The van der Waals surface area contributed by atoms with Crippen LogP contribution >= 0.6 is 0 Å². The molecular weight excluding hydrogens is 246 g/mol. The monoisotopic (exact) mass is 267 g/mol. The minimum absolute atomic E-state index is 0.00562. The Hall–Kier alpha value is -1.77. The molecule has 0 aromatic carbocycles. The molecule has 1 aliphatic heterocycles. The average molecular weight is 267 g/mol. The quantitative estimate of drug-likeness (QED) is 0.803. The Kier molecular flexibility index (Phi) is 5.16. The molecule has 0 bridgehead atoms. The third kappa shape index (κ3) is 5.60. The number of alkyl carbamates (subject to hydrolysis) is 1. The number of ether oxygens (including phenoxy) is 1. The lowest BCUT2D eigenvalue weighted by atomic mass is 9.97. The second-order valence-corrected chi connectivity index (χ2v) is 5.72. The number of carbonyl (C=O) groups excluding carboxylic acids is 2. The number of nitriles is 1. The Morgan fingerprint density at radius 1 is 1.63 bits per heavy atom. The molecule has 2 N–H and O–H groups in total. The molecule has 6 nitrogen and oxygen atoms in total. The first-order valence-electron chi connectivity index (χ1n) is 6.46. The van der Waals surface area contributed by atoms with E-state index in [0.29, 0.717) is 13.0 Å². The van der Waals surface area contributed by atoms with Gasteiger partial charge in [-0.3, -0.25) is 4.79 Å². The zero-order valence-electron chi connectivity index (χ0n) is 11.7. The van der Waals surface area contributed by atoms with Crippen molar-refractivity contribution in [3.05, 3.63) is 0 Å². The van der Waals surface area contributed by atoms with Crippen molar-refractivity contribution < 1.29 is 14.3 Å². The van der Waals surface area contributed by atoms with Crippen LogP contribution in [0.25, 0.3) is 0 Å². The van der Waals surface area contributed by atoms with Crippen molar-refractivity contribution in [3.8, 4) is 6.07 Å². The summed E-state index contributed by atoms with van der Waals surface area (Å²) in [7, 11) is 0. The van der Waals surface area contributed by atoms with Crippen LogP contribution in [0.3, 0.4) is 0 Å². The van der Waals surface area contributed by atoms with Crippen LogP contribution in [0.4, 0.5) is 4.79 Å². The highest BCUT2D eigenvalue weighted by Crippen LogP contribution is 2.18. The van der Waals surface area contributed by atoms with Crippen molar-refractivity contribution in [3.63, 3.8) is 0 Å². The van der Waals surface area contributed by atoms with Crippen molar-refractivity contribution in [2.24, 2.45) is 5.92 Å². The van der Waals surface area contributed by atoms with E-state index in [9.17, 15) is 9.59 Å². The summed E-state index contributed by atoms with van der Waals surface area (Å²) in [5, 5.41) is 14.2. The molecular formula is C13H21N3O3. The molecule has 6 heteroatoms. The van der Waals surface area contributed by atoms with Gasteiger partial charge in [0, 0.05) is 18.5 Å². The number of amides is 2. The fourth-order valence-electron chi connectivity index (χ4n) is 1.99. The molecule has 2 amide bonds. The molecule has 19 heavy (non-hydrogen) atoms. The summed E-state index contributed by atoms with van der Waals surface area (Å²) >= 11 is 0. The van der Waals surface area contributed by atoms with Crippen LogP contribution in [0.1, 0.15) is 40.0 Å². The normalized spacial score (nSPS) is 20.3. The van der Waals surface area contributed by atoms with Crippen LogP contribution in [0.5, 0.6) is 0 Å². The Balaban J connectivity index is 2.50. The van der Waals surface area contributed by atoms with Crippen molar-refractivity contribution in [1.82, 2.24) is 10.6 Å². The Morgan fingerprint density at radius 3 is 2.79 bits per heavy atom. The second kappa shape index (κ2) is 6.41. The number of carbonyl (C=O) groups is 2. The standard InChI is InChI=1S/C13H21N3O3/c1-13(2,3)19-12(18)16-10(4-6-14)8-9-5-7-15-11(9)17/h9-10H,4-5,7-8H2,1-3H3,(H,15,17)(H,16,18)/t9-,10?/m0/s1. The predicted octanol–water partition coefficient (Wildman–Crippen LogP) is 1.32. The summed E-state index contributed by atoms with van der Waals surface area (Å²) in [4.78, 5) is 23.1. The van der Waals surface area contributed by atoms with Crippen LogP contribution in [0.15, 0.2) is 0 Å². The van der Waals surface area contributed by atoms with E-state index in [1.807, 2.05) is 6.07 Å². The largest absolute Gasteiger partial charge is 0.444 e. The van der Waals surface area contributed by atoms with Gasteiger partial charge in [-0.15, -0.1) is 0 Å². The molecule has 1 unspecified atom stereocenters. The molecule has 106 valence electrons. The lowest BCUT2D eigenvalue weighted by molar-refractivity contribution is -0.122. The van der Waals surface area contributed by atoms with Gasteiger partial charge in [0.25, 0.3) is 0 Å². The van der Waals surface area contributed by atoms with Crippen LogP contribution in [0, 0.1) is 17.2 Å². The third-order valence-electron chi connectivity index (χ3n) is 2.79. The Labute approximate surface area is 113 Å². The lowest BCUT2D eigenvalue weighted by Crippen LogP contribution is -2.40. The van der Waals surface area contributed by atoms with Crippen LogP contribution < -0.4 is 10.6 Å². The molecule has 0 saturated carbocycles.